The first-order valence-corrected chi connectivity index (χ1v) is 11.6. The van der Waals surface area contributed by atoms with Crippen molar-refractivity contribution in [1.82, 2.24) is 0 Å². The maximum atomic E-state index is 11.9. The SMILES string of the molecule is CCCCC=CC(=O)OC1CCC(CCC2CCC(CCC)CC2)CC1. The molecule has 26 heavy (non-hydrogen) atoms. The van der Waals surface area contributed by atoms with Gasteiger partial charge >= 0.3 is 5.97 Å². The normalized spacial score (nSPS) is 29.8. The van der Waals surface area contributed by atoms with E-state index in [1.54, 1.807) is 6.08 Å². The van der Waals surface area contributed by atoms with Crippen molar-refractivity contribution in [3.05, 3.63) is 12.2 Å². The molecule has 0 radical (unpaired) electrons. The van der Waals surface area contributed by atoms with Crippen LogP contribution in [-0.4, -0.2) is 12.1 Å². The van der Waals surface area contributed by atoms with Crippen LogP contribution in [0.1, 0.15) is 110 Å². The minimum Gasteiger partial charge on any atom is -0.459 e. The Morgan fingerprint density at radius 1 is 0.808 bits per heavy atom. The van der Waals surface area contributed by atoms with E-state index in [-0.39, 0.29) is 12.1 Å². The summed E-state index contributed by atoms with van der Waals surface area (Å²) in [5.41, 5.74) is 0. The van der Waals surface area contributed by atoms with Crippen LogP contribution in [0, 0.1) is 17.8 Å². The molecule has 2 heteroatoms. The predicted octanol–water partition coefficient (Wildman–Crippen LogP) is 7.22. The zero-order chi connectivity index (χ0) is 18.6. The quantitative estimate of drug-likeness (QED) is 0.233. The Kier molecular flexibility index (Phi) is 10.4. The highest BCUT2D eigenvalue weighted by molar-refractivity contribution is 5.82. The minimum atomic E-state index is -0.131. The number of rotatable bonds is 10. The van der Waals surface area contributed by atoms with Gasteiger partial charge in [0.2, 0.25) is 0 Å². The molecule has 2 nitrogen and oxygen atoms in total. The van der Waals surface area contributed by atoms with Gasteiger partial charge in [-0.25, -0.2) is 4.79 Å². The smallest absolute Gasteiger partial charge is 0.330 e. The number of esters is 1. The van der Waals surface area contributed by atoms with E-state index in [0.29, 0.717) is 0 Å². The number of carbonyl (C=O) groups excluding carboxylic acids is 1. The molecule has 150 valence electrons. The van der Waals surface area contributed by atoms with Crippen molar-refractivity contribution in [2.45, 2.75) is 116 Å². The van der Waals surface area contributed by atoms with E-state index in [1.807, 2.05) is 6.08 Å². The molecule has 0 unspecified atom stereocenters. The Morgan fingerprint density at radius 3 is 1.88 bits per heavy atom. The number of hydrogen-bond acceptors (Lipinski definition) is 2. The molecular weight excluding hydrogens is 320 g/mol. The number of allylic oxidation sites excluding steroid dienone is 1. The van der Waals surface area contributed by atoms with Crippen molar-refractivity contribution in [2.75, 3.05) is 0 Å². The van der Waals surface area contributed by atoms with Crippen LogP contribution >= 0.6 is 0 Å². The molecule has 0 aromatic rings. The monoisotopic (exact) mass is 362 g/mol. The van der Waals surface area contributed by atoms with Crippen LogP contribution in [0.4, 0.5) is 0 Å². The molecule has 0 heterocycles. The van der Waals surface area contributed by atoms with E-state index in [2.05, 4.69) is 13.8 Å². The molecule has 0 amide bonds. The Labute approximate surface area is 162 Å². The molecule has 0 saturated heterocycles. The first kappa shape index (κ1) is 21.5. The van der Waals surface area contributed by atoms with Crippen molar-refractivity contribution in [3.8, 4) is 0 Å². The van der Waals surface area contributed by atoms with Gasteiger partial charge in [-0.1, -0.05) is 84.1 Å². The average Bonchev–Trinajstić information content (AvgIpc) is 2.66. The summed E-state index contributed by atoms with van der Waals surface area (Å²) in [6.45, 7) is 4.49. The molecule has 0 bridgehead atoms. The Hall–Kier alpha value is -0.790. The lowest BCUT2D eigenvalue weighted by atomic mass is 9.76. The lowest BCUT2D eigenvalue weighted by Crippen LogP contribution is -2.24. The summed E-state index contributed by atoms with van der Waals surface area (Å²) in [4.78, 5) is 11.9. The van der Waals surface area contributed by atoms with Gasteiger partial charge in [-0.2, -0.15) is 0 Å². The first-order valence-electron chi connectivity index (χ1n) is 11.6. The largest absolute Gasteiger partial charge is 0.459 e. The topological polar surface area (TPSA) is 26.3 Å². The third kappa shape index (κ3) is 8.27. The van der Waals surface area contributed by atoms with Gasteiger partial charge in [-0.15, -0.1) is 0 Å². The van der Waals surface area contributed by atoms with Crippen LogP contribution in [0.5, 0.6) is 0 Å². The number of carbonyl (C=O) groups is 1. The second kappa shape index (κ2) is 12.6. The van der Waals surface area contributed by atoms with Crippen LogP contribution in [0.2, 0.25) is 0 Å². The number of hydrogen-bond donors (Lipinski definition) is 0. The Balaban J connectivity index is 1.54. The standard InChI is InChI=1S/C24H42O2/c1-3-5-6-7-9-24(25)26-23-18-16-22(17-19-23)15-14-21-12-10-20(8-4-2)11-13-21/h7,9,20-23H,3-6,8,10-19H2,1-2H3. The summed E-state index contributed by atoms with van der Waals surface area (Å²) in [5, 5.41) is 0. The van der Waals surface area contributed by atoms with Crippen molar-refractivity contribution < 1.29 is 9.53 Å². The molecule has 2 aliphatic carbocycles. The fourth-order valence-electron chi connectivity index (χ4n) is 4.93. The van der Waals surface area contributed by atoms with Gasteiger partial charge in [-0.3, -0.25) is 0 Å². The third-order valence-electron chi connectivity index (χ3n) is 6.70. The molecule has 0 aromatic heterocycles. The predicted molar refractivity (Wildman–Crippen MR) is 110 cm³/mol. The summed E-state index contributed by atoms with van der Waals surface area (Å²) < 4.78 is 5.62. The maximum Gasteiger partial charge on any atom is 0.330 e. The Morgan fingerprint density at radius 2 is 1.35 bits per heavy atom. The summed E-state index contributed by atoms with van der Waals surface area (Å²) in [5.74, 6) is 2.76. The molecule has 2 fully saturated rings. The molecule has 0 aromatic carbocycles. The highest BCUT2D eigenvalue weighted by Gasteiger charge is 2.25. The van der Waals surface area contributed by atoms with Crippen molar-refractivity contribution in [2.24, 2.45) is 17.8 Å². The maximum absolute atomic E-state index is 11.9. The van der Waals surface area contributed by atoms with E-state index in [0.717, 1.165) is 43.4 Å². The van der Waals surface area contributed by atoms with Crippen LogP contribution in [0.3, 0.4) is 0 Å². The molecule has 0 spiro atoms. The van der Waals surface area contributed by atoms with Gasteiger partial charge in [-0.05, 0) is 49.9 Å². The van der Waals surface area contributed by atoms with Gasteiger partial charge in [0.1, 0.15) is 6.10 Å². The van der Waals surface area contributed by atoms with E-state index >= 15 is 0 Å². The zero-order valence-corrected chi connectivity index (χ0v) is 17.4. The fraction of sp³-hybridized carbons (Fsp3) is 0.875. The van der Waals surface area contributed by atoms with E-state index in [1.165, 1.54) is 70.6 Å². The van der Waals surface area contributed by atoms with Crippen LogP contribution in [0.25, 0.3) is 0 Å². The van der Waals surface area contributed by atoms with Gasteiger partial charge in [0, 0.05) is 6.08 Å². The van der Waals surface area contributed by atoms with Gasteiger partial charge < -0.3 is 4.74 Å². The van der Waals surface area contributed by atoms with E-state index < -0.39 is 0 Å². The van der Waals surface area contributed by atoms with E-state index in [9.17, 15) is 4.79 Å². The number of ether oxygens (including phenoxy) is 1. The number of unbranched alkanes of at least 4 members (excludes halogenated alkanes) is 2. The van der Waals surface area contributed by atoms with Crippen LogP contribution in [-0.2, 0) is 9.53 Å². The summed E-state index contributed by atoms with van der Waals surface area (Å²) >= 11 is 0. The van der Waals surface area contributed by atoms with Crippen molar-refractivity contribution >= 4 is 5.97 Å². The highest BCUT2D eigenvalue weighted by atomic mass is 16.5. The second-order valence-corrected chi connectivity index (χ2v) is 8.88. The fourth-order valence-corrected chi connectivity index (χ4v) is 4.93. The van der Waals surface area contributed by atoms with Gasteiger partial charge in [0.25, 0.3) is 0 Å². The van der Waals surface area contributed by atoms with Crippen LogP contribution < -0.4 is 0 Å². The lowest BCUT2D eigenvalue weighted by Gasteiger charge is -2.31. The van der Waals surface area contributed by atoms with Crippen molar-refractivity contribution in [3.63, 3.8) is 0 Å². The molecule has 2 aliphatic rings. The first-order chi connectivity index (χ1) is 12.7. The van der Waals surface area contributed by atoms with E-state index in [4.69, 9.17) is 4.74 Å². The molecule has 0 aliphatic heterocycles. The third-order valence-corrected chi connectivity index (χ3v) is 6.70. The van der Waals surface area contributed by atoms with Crippen LogP contribution in [0.15, 0.2) is 12.2 Å². The molecule has 2 rings (SSSR count). The Bertz CT molecular complexity index is 398. The summed E-state index contributed by atoms with van der Waals surface area (Å²) in [6.07, 6.45) is 23.3. The summed E-state index contributed by atoms with van der Waals surface area (Å²) in [7, 11) is 0. The molecule has 0 atom stereocenters. The minimum absolute atomic E-state index is 0.131. The van der Waals surface area contributed by atoms with Crippen molar-refractivity contribution in [1.29, 1.82) is 0 Å². The molecule has 0 N–H and O–H groups in total. The second-order valence-electron chi connectivity index (χ2n) is 8.88. The lowest BCUT2D eigenvalue weighted by molar-refractivity contribution is -0.144. The zero-order valence-electron chi connectivity index (χ0n) is 17.4. The molecule has 2 saturated carbocycles. The van der Waals surface area contributed by atoms with Gasteiger partial charge in [0.05, 0.1) is 0 Å². The molecular formula is C24H42O2. The van der Waals surface area contributed by atoms with Gasteiger partial charge in [0.15, 0.2) is 0 Å². The highest BCUT2D eigenvalue weighted by Crippen LogP contribution is 2.36. The average molecular weight is 363 g/mol. The summed E-state index contributed by atoms with van der Waals surface area (Å²) in [6, 6.07) is 0.